The highest BCUT2D eigenvalue weighted by atomic mass is 79.9. The highest BCUT2D eigenvalue weighted by molar-refractivity contribution is 9.10. The number of nitrogens with zero attached hydrogens (tertiary/aromatic N) is 2. The Kier molecular flexibility index (Phi) is 4.57. The second kappa shape index (κ2) is 6.19. The van der Waals surface area contributed by atoms with Crippen molar-refractivity contribution in [1.29, 1.82) is 0 Å². The molecule has 2 aromatic rings. The summed E-state index contributed by atoms with van der Waals surface area (Å²) >= 11 is 3.38. The van der Waals surface area contributed by atoms with Gasteiger partial charge in [-0.1, -0.05) is 28.1 Å². The fourth-order valence-corrected chi connectivity index (χ4v) is 2.15. The van der Waals surface area contributed by atoms with E-state index in [1.165, 1.54) is 0 Å². The summed E-state index contributed by atoms with van der Waals surface area (Å²) in [4.78, 5) is 12.1. The van der Waals surface area contributed by atoms with Gasteiger partial charge in [0.25, 0.3) is 0 Å². The lowest BCUT2D eigenvalue weighted by Crippen LogP contribution is -2.35. The predicted octanol–water partition coefficient (Wildman–Crippen LogP) is 2.06. The van der Waals surface area contributed by atoms with Gasteiger partial charge in [-0.25, -0.2) is 0 Å². The van der Waals surface area contributed by atoms with Crippen LogP contribution in [0.15, 0.2) is 41.1 Å². The zero-order valence-electron chi connectivity index (χ0n) is 11.4. The van der Waals surface area contributed by atoms with Crippen LogP contribution in [0.2, 0.25) is 0 Å². The monoisotopic (exact) mass is 336 g/mol. The van der Waals surface area contributed by atoms with Crippen LogP contribution in [0.4, 0.5) is 0 Å². The van der Waals surface area contributed by atoms with E-state index in [0.717, 1.165) is 10.0 Å². The molecule has 1 aromatic carbocycles. The van der Waals surface area contributed by atoms with Crippen molar-refractivity contribution >= 4 is 21.8 Å². The number of carbonyl (C=O) groups excluding carboxylic acids is 1. The van der Waals surface area contributed by atoms with Crippen LogP contribution in [0.5, 0.6) is 0 Å². The van der Waals surface area contributed by atoms with Gasteiger partial charge in [0.2, 0.25) is 5.91 Å². The Hall–Kier alpha value is -1.66. The van der Waals surface area contributed by atoms with Crippen LogP contribution in [0.25, 0.3) is 0 Å². The zero-order chi connectivity index (χ0) is 14.7. The molecule has 2 rings (SSSR count). The molecule has 0 saturated heterocycles. The molecular formula is C14H17BrN4O. The van der Waals surface area contributed by atoms with E-state index in [-0.39, 0.29) is 11.9 Å². The van der Waals surface area contributed by atoms with E-state index in [2.05, 4.69) is 26.3 Å². The third-order valence-electron chi connectivity index (χ3n) is 3.10. The molecule has 3 N–H and O–H groups in total. The van der Waals surface area contributed by atoms with Gasteiger partial charge in [0.05, 0.1) is 12.2 Å². The lowest BCUT2D eigenvalue weighted by Gasteiger charge is -2.17. The van der Waals surface area contributed by atoms with Crippen molar-refractivity contribution in [3.63, 3.8) is 0 Å². The molecular weight excluding hydrogens is 320 g/mol. The Bertz CT molecular complexity index is 593. The van der Waals surface area contributed by atoms with E-state index in [4.69, 9.17) is 5.73 Å². The second-order valence-corrected chi connectivity index (χ2v) is 5.62. The molecule has 106 valence electrons. The molecule has 0 radical (unpaired) electrons. The first kappa shape index (κ1) is 14.7. The van der Waals surface area contributed by atoms with Gasteiger partial charge >= 0.3 is 0 Å². The molecule has 1 unspecified atom stereocenters. The van der Waals surface area contributed by atoms with E-state index in [1.54, 1.807) is 24.1 Å². The lowest BCUT2D eigenvalue weighted by atomic mass is 10.1. The highest BCUT2D eigenvalue weighted by Crippen LogP contribution is 2.17. The summed E-state index contributed by atoms with van der Waals surface area (Å²) in [7, 11) is 1.79. The maximum absolute atomic E-state index is 12.1. The van der Waals surface area contributed by atoms with E-state index in [9.17, 15) is 4.79 Å². The molecule has 1 aromatic heterocycles. The third kappa shape index (κ3) is 3.46. The van der Waals surface area contributed by atoms with E-state index >= 15 is 0 Å². The van der Waals surface area contributed by atoms with Crippen molar-refractivity contribution in [2.24, 2.45) is 12.8 Å². The Morgan fingerprint density at radius 2 is 2.00 bits per heavy atom. The first-order chi connectivity index (χ1) is 9.47. The predicted molar refractivity (Wildman–Crippen MR) is 80.8 cm³/mol. The molecule has 0 bridgehead atoms. The zero-order valence-corrected chi connectivity index (χ0v) is 13.0. The smallest absolute Gasteiger partial charge is 0.242 e. The molecule has 2 atom stereocenters. The summed E-state index contributed by atoms with van der Waals surface area (Å²) in [6.45, 7) is 1.93. The number of hydrogen-bond donors (Lipinski definition) is 2. The quantitative estimate of drug-likeness (QED) is 0.897. The van der Waals surface area contributed by atoms with Crippen LogP contribution in [0.1, 0.15) is 30.1 Å². The summed E-state index contributed by atoms with van der Waals surface area (Å²) in [5.41, 5.74) is 7.66. The number of nitrogens with two attached hydrogens (primary N) is 1. The van der Waals surface area contributed by atoms with E-state index in [0.29, 0.717) is 5.56 Å². The summed E-state index contributed by atoms with van der Waals surface area (Å²) in [5.74, 6) is -0.214. The molecule has 0 spiro atoms. The molecule has 5 nitrogen and oxygen atoms in total. The summed E-state index contributed by atoms with van der Waals surface area (Å²) in [5, 5.41) is 6.93. The maximum atomic E-state index is 12.1. The van der Waals surface area contributed by atoms with Crippen molar-refractivity contribution in [3.8, 4) is 0 Å². The van der Waals surface area contributed by atoms with Crippen molar-refractivity contribution in [3.05, 3.63) is 52.3 Å². The van der Waals surface area contributed by atoms with Gasteiger partial charge in [0, 0.05) is 23.3 Å². The minimum atomic E-state index is -0.707. The number of aromatic nitrogens is 2. The number of benzene rings is 1. The molecule has 1 amide bonds. The lowest BCUT2D eigenvalue weighted by molar-refractivity contribution is -0.123. The molecule has 1 heterocycles. The molecule has 0 aliphatic heterocycles. The SMILES string of the molecule is C[C@H](NC(=O)C(N)c1cnn(C)c1)c1ccc(Br)cc1. The van der Waals surface area contributed by atoms with E-state index < -0.39 is 6.04 Å². The number of carbonyl (C=O) groups is 1. The number of nitrogens with one attached hydrogen (secondary N) is 1. The van der Waals surface area contributed by atoms with Gasteiger partial charge < -0.3 is 11.1 Å². The Labute approximate surface area is 126 Å². The fourth-order valence-electron chi connectivity index (χ4n) is 1.89. The number of halogens is 1. The van der Waals surface area contributed by atoms with Gasteiger partial charge in [-0.05, 0) is 24.6 Å². The van der Waals surface area contributed by atoms with Crippen molar-refractivity contribution < 1.29 is 4.79 Å². The average molecular weight is 337 g/mol. The molecule has 20 heavy (non-hydrogen) atoms. The van der Waals surface area contributed by atoms with Crippen LogP contribution < -0.4 is 11.1 Å². The number of amides is 1. The Morgan fingerprint density at radius 3 is 2.55 bits per heavy atom. The Balaban J connectivity index is 2.02. The summed E-state index contributed by atoms with van der Waals surface area (Å²) in [6.07, 6.45) is 3.35. The Morgan fingerprint density at radius 1 is 1.35 bits per heavy atom. The van der Waals surface area contributed by atoms with Crippen LogP contribution >= 0.6 is 15.9 Å². The average Bonchev–Trinajstić information content (AvgIpc) is 2.85. The summed E-state index contributed by atoms with van der Waals surface area (Å²) in [6, 6.07) is 7.01. The largest absolute Gasteiger partial charge is 0.348 e. The van der Waals surface area contributed by atoms with Crippen molar-refractivity contribution in [2.45, 2.75) is 19.0 Å². The minimum absolute atomic E-state index is 0.0988. The molecule has 6 heteroatoms. The first-order valence-electron chi connectivity index (χ1n) is 6.27. The standard InChI is InChI=1S/C14H17BrN4O/c1-9(10-3-5-12(15)6-4-10)18-14(20)13(16)11-7-17-19(2)8-11/h3-9,13H,16H2,1-2H3,(H,18,20)/t9-,13?/m0/s1. The number of hydrogen-bond acceptors (Lipinski definition) is 3. The minimum Gasteiger partial charge on any atom is -0.348 e. The van der Waals surface area contributed by atoms with E-state index in [1.807, 2.05) is 31.2 Å². The second-order valence-electron chi connectivity index (χ2n) is 4.71. The fraction of sp³-hybridized carbons (Fsp3) is 0.286. The van der Waals surface area contributed by atoms with Crippen LogP contribution in [-0.2, 0) is 11.8 Å². The van der Waals surface area contributed by atoms with Gasteiger partial charge in [0.1, 0.15) is 6.04 Å². The third-order valence-corrected chi connectivity index (χ3v) is 3.62. The normalized spacial score (nSPS) is 13.8. The van der Waals surface area contributed by atoms with Crippen molar-refractivity contribution in [2.75, 3.05) is 0 Å². The highest BCUT2D eigenvalue weighted by Gasteiger charge is 2.19. The van der Waals surface area contributed by atoms with Gasteiger partial charge in [-0.3, -0.25) is 9.48 Å². The van der Waals surface area contributed by atoms with Crippen LogP contribution in [0.3, 0.4) is 0 Å². The van der Waals surface area contributed by atoms with Crippen LogP contribution in [0, 0.1) is 0 Å². The number of rotatable bonds is 4. The topological polar surface area (TPSA) is 72.9 Å². The first-order valence-corrected chi connectivity index (χ1v) is 7.06. The maximum Gasteiger partial charge on any atom is 0.242 e. The molecule has 0 aliphatic carbocycles. The van der Waals surface area contributed by atoms with Gasteiger partial charge in [0.15, 0.2) is 0 Å². The van der Waals surface area contributed by atoms with Crippen LogP contribution in [-0.4, -0.2) is 15.7 Å². The molecule has 0 saturated carbocycles. The van der Waals surface area contributed by atoms with Gasteiger partial charge in [-0.2, -0.15) is 5.10 Å². The van der Waals surface area contributed by atoms with Gasteiger partial charge in [-0.15, -0.1) is 0 Å². The number of aryl methyl sites for hydroxylation is 1. The molecule has 0 aliphatic rings. The van der Waals surface area contributed by atoms with Crippen molar-refractivity contribution in [1.82, 2.24) is 15.1 Å². The summed E-state index contributed by atoms with van der Waals surface area (Å²) < 4.78 is 2.63. The molecule has 0 fully saturated rings.